The van der Waals surface area contributed by atoms with Crippen molar-refractivity contribution in [2.75, 3.05) is 6.61 Å². The van der Waals surface area contributed by atoms with Crippen LogP contribution < -0.4 is 4.74 Å². The molecular formula is C19H28O4. The van der Waals surface area contributed by atoms with Crippen molar-refractivity contribution in [1.82, 2.24) is 0 Å². The monoisotopic (exact) mass is 320 g/mol. The zero-order valence-electron chi connectivity index (χ0n) is 14.5. The summed E-state index contributed by atoms with van der Waals surface area (Å²) >= 11 is 0. The highest BCUT2D eigenvalue weighted by Crippen LogP contribution is 2.26. The topological polar surface area (TPSA) is 52.6 Å². The fourth-order valence-corrected chi connectivity index (χ4v) is 2.21. The van der Waals surface area contributed by atoms with Crippen LogP contribution in [0.3, 0.4) is 0 Å². The number of para-hydroxylation sites is 1. The molecule has 0 saturated heterocycles. The quantitative estimate of drug-likeness (QED) is 0.358. The zero-order chi connectivity index (χ0) is 17.1. The van der Waals surface area contributed by atoms with Crippen LogP contribution in [0.1, 0.15) is 70.8 Å². The highest BCUT2D eigenvalue weighted by Gasteiger charge is 2.12. The van der Waals surface area contributed by atoms with Crippen LogP contribution in [0, 0.1) is 0 Å². The molecule has 23 heavy (non-hydrogen) atoms. The fourth-order valence-electron chi connectivity index (χ4n) is 2.21. The highest BCUT2D eigenvalue weighted by molar-refractivity contribution is 5.74. The third-order valence-electron chi connectivity index (χ3n) is 3.54. The average Bonchev–Trinajstić information content (AvgIpc) is 2.52. The van der Waals surface area contributed by atoms with Crippen LogP contribution in [0.25, 0.3) is 0 Å². The molecule has 0 aliphatic rings. The van der Waals surface area contributed by atoms with Crippen LogP contribution in [0.15, 0.2) is 24.3 Å². The second-order valence-electron chi connectivity index (χ2n) is 5.95. The first-order valence-electron chi connectivity index (χ1n) is 8.49. The number of hydrogen-bond donors (Lipinski definition) is 0. The maximum absolute atomic E-state index is 11.9. The summed E-state index contributed by atoms with van der Waals surface area (Å²) in [6, 6.07) is 7.54. The van der Waals surface area contributed by atoms with Gasteiger partial charge in [-0.2, -0.15) is 0 Å². The molecule has 1 aromatic rings. The number of unbranched alkanes of at least 4 members (excludes halogenated alkanes) is 2. The molecule has 0 aromatic heterocycles. The van der Waals surface area contributed by atoms with E-state index in [1.54, 1.807) is 6.07 Å². The van der Waals surface area contributed by atoms with E-state index >= 15 is 0 Å². The van der Waals surface area contributed by atoms with Gasteiger partial charge in [0.2, 0.25) is 0 Å². The lowest BCUT2D eigenvalue weighted by atomic mass is 10.0. The Morgan fingerprint density at radius 1 is 1.00 bits per heavy atom. The lowest BCUT2D eigenvalue weighted by Crippen LogP contribution is -2.11. The van der Waals surface area contributed by atoms with E-state index in [1.807, 2.05) is 18.2 Å². The average molecular weight is 320 g/mol. The predicted molar refractivity (Wildman–Crippen MR) is 90.5 cm³/mol. The van der Waals surface area contributed by atoms with Gasteiger partial charge < -0.3 is 9.47 Å². The van der Waals surface area contributed by atoms with E-state index < -0.39 is 0 Å². The van der Waals surface area contributed by atoms with Gasteiger partial charge in [-0.3, -0.25) is 9.59 Å². The van der Waals surface area contributed by atoms with Crippen molar-refractivity contribution < 1.29 is 19.1 Å². The Hall–Kier alpha value is -1.84. The molecule has 0 aliphatic heterocycles. The van der Waals surface area contributed by atoms with Crippen molar-refractivity contribution in [2.45, 2.75) is 65.2 Å². The van der Waals surface area contributed by atoms with Gasteiger partial charge in [0, 0.05) is 12.8 Å². The molecule has 128 valence electrons. The van der Waals surface area contributed by atoms with Crippen molar-refractivity contribution in [3.63, 3.8) is 0 Å². The first-order valence-corrected chi connectivity index (χ1v) is 8.49. The molecule has 0 aliphatic carbocycles. The Labute approximate surface area is 139 Å². The molecule has 1 aromatic carbocycles. The first kappa shape index (κ1) is 19.2. The van der Waals surface area contributed by atoms with E-state index in [2.05, 4.69) is 20.8 Å². The summed E-state index contributed by atoms with van der Waals surface area (Å²) < 4.78 is 10.5. The summed E-state index contributed by atoms with van der Waals surface area (Å²) in [4.78, 5) is 23.4. The molecule has 0 bridgehead atoms. The minimum atomic E-state index is -0.308. The molecule has 0 N–H and O–H groups in total. The molecule has 0 radical (unpaired) electrons. The third kappa shape index (κ3) is 7.82. The number of esters is 2. The van der Waals surface area contributed by atoms with Crippen LogP contribution >= 0.6 is 0 Å². The van der Waals surface area contributed by atoms with Crippen LogP contribution in [-0.2, 0) is 14.3 Å². The molecule has 4 nitrogen and oxygen atoms in total. The summed E-state index contributed by atoms with van der Waals surface area (Å²) in [6.07, 6.45) is 3.99. The SMILES string of the molecule is CCCCCOC(=O)CCCC(=O)Oc1ccccc1C(C)C. The van der Waals surface area contributed by atoms with Crippen molar-refractivity contribution in [3.8, 4) is 5.75 Å². The Morgan fingerprint density at radius 3 is 2.39 bits per heavy atom. The van der Waals surface area contributed by atoms with Gasteiger partial charge in [-0.15, -0.1) is 0 Å². The Kier molecular flexibility index (Phi) is 9.03. The lowest BCUT2D eigenvalue weighted by Gasteiger charge is -2.12. The Morgan fingerprint density at radius 2 is 1.70 bits per heavy atom. The normalized spacial score (nSPS) is 10.6. The van der Waals surface area contributed by atoms with Gasteiger partial charge in [-0.1, -0.05) is 51.8 Å². The number of hydrogen-bond acceptors (Lipinski definition) is 4. The van der Waals surface area contributed by atoms with Crippen molar-refractivity contribution >= 4 is 11.9 Å². The van der Waals surface area contributed by atoms with E-state index in [9.17, 15) is 9.59 Å². The van der Waals surface area contributed by atoms with Gasteiger partial charge in [0.15, 0.2) is 0 Å². The smallest absolute Gasteiger partial charge is 0.311 e. The zero-order valence-corrected chi connectivity index (χ0v) is 14.5. The van der Waals surface area contributed by atoms with Crippen molar-refractivity contribution in [1.29, 1.82) is 0 Å². The molecule has 0 spiro atoms. The predicted octanol–water partition coefficient (Wildman–Crippen LogP) is 4.62. The molecule has 0 unspecified atom stereocenters. The number of rotatable bonds is 10. The maximum atomic E-state index is 11.9. The molecule has 0 amide bonds. The summed E-state index contributed by atoms with van der Waals surface area (Å²) in [5, 5.41) is 0. The minimum Gasteiger partial charge on any atom is -0.466 e. The largest absolute Gasteiger partial charge is 0.466 e. The molecule has 1 rings (SSSR count). The van der Waals surface area contributed by atoms with E-state index in [0.29, 0.717) is 18.8 Å². The number of carbonyl (C=O) groups excluding carboxylic acids is 2. The maximum Gasteiger partial charge on any atom is 0.311 e. The lowest BCUT2D eigenvalue weighted by molar-refractivity contribution is -0.144. The van der Waals surface area contributed by atoms with Crippen LogP contribution in [0.2, 0.25) is 0 Å². The van der Waals surface area contributed by atoms with Crippen molar-refractivity contribution in [2.24, 2.45) is 0 Å². The van der Waals surface area contributed by atoms with Gasteiger partial charge in [-0.25, -0.2) is 0 Å². The molecule has 0 atom stereocenters. The second kappa shape index (κ2) is 10.8. The summed E-state index contributed by atoms with van der Waals surface area (Å²) in [6.45, 7) is 6.69. The Balaban J connectivity index is 2.28. The number of carbonyl (C=O) groups is 2. The summed E-state index contributed by atoms with van der Waals surface area (Å²) in [7, 11) is 0. The van der Waals surface area contributed by atoms with E-state index in [0.717, 1.165) is 24.8 Å². The minimum absolute atomic E-state index is 0.219. The number of ether oxygens (including phenoxy) is 2. The number of benzene rings is 1. The van der Waals surface area contributed by atoms with Crippen LogP contribution in [0.5, 0.6) is 5.75 Å². The van der Waals surface area contributed by atoms with Gasteiger partial charge in [-0.05, 0) is 30.4 Å². The summed E-state index contributed by atoms with van der Waals surface area (Å²) in [5.74, 6) is 0.347. The van der Waals surface area contributed by atoms with Crippen LogP contribution in [0.4, 0.5) is 0 Å². The van der Waals surface area contributed by atoms with Gasteiger partial charge in [0.25, 0.3) is 0 Å². The summed E-state index contributed by atoms with van der Waals surface area (Å²) in [5.41, 5.74) is 1.01. The van der Waals surface area contributed by atoms with Gasteiger partial charge in [0.1, 0.15) is 5.75 Å². The Bertz CT molecular complexity index is 494. The molecule has 0 saturated carbocycles. The van der Waals surface area contributed by atoms with E-state index in [1.165, 1.54) is 0 Å². The van der Waals surface area contributed by atoms with Gasteiger partial charge >= 0.3 is 11.9 Å². The van der Waals surface area contributed by atoms with Crippen LogP contribution in [-0.4, -0.2) is 18.5 Å². The highest BCUT2D eigenvalue weighted by atomic mass is 16.5. The molecule has 4 heteroatoms. The van der Waals surface area contributed by atoms with E-state index in [-0.39, 0.29) is 30.7 Å². The fraction of sp³-hybridized carbons (Fsp3) is 0.579. The molecular weight excluding hydrogens is 292 g/mol. The standard InChI is InChI=1S/C19H28O4/c1-4-5-8-14-22-18(20)12-9-13-19(21)23-17-11-7-6-10-16(17)15(2)3/h6-7,10-11,15H,4-5,8-9,12-14H2,1-3H3. The second-order valence-corrected chi connectivity index (χ2v) is 5.95. The van der Waals surface area contributed by atoms with E-state index in [4.69, 9.17) is 9.47 Å². The first-order chi connectivity index (χ1) is 11.0. The molecule has 0 heterocycles. The third-order valence-corrected chi connectivity index (χ3v) is 3.54. The molecule has 0 fully saturated rings. The van der Waals surface area contributed by atoms with Gasteiger partial charge in [0.05, 0.1) is 6.61 Å². The van der Waals surface area contributed by atoms with Crippen molar-refractivity contribution in [3.05, 3.63) is 29.8 Å².